The van der Waals surface area contributed by atoms with Crippen LogP contribution in [0.3, 0.4) is 0 Å². The van der Waals surface area contributed by atoms with Crippen LogP contribution in [0.4, 0.5) is 8.78 Å². The first kappa shape index (κ1) is 20.6. The van der Waals surface area contributed by atoms with Crippen LogP contribution >= 0.6 is 11.9 Å². The van der Waals surface area contributed by atoms with Crippen LogP contribution in [-0.2, 0) is 0 Å². The predicted molar refractivity (Wildman–Crippen MR) is 122 cm³/mol. The van der Waals surface area contributed by atoms with Crippen LogP contribution in [0.2, 0.25) is 0 Å². The number of pyridine rings is 2. The molecule has 2 atom stereocenters. The van der Waals surface area contributed by atoms with Gasteiger partial charge in [-0.25, -0.2) is 22.8 Å². The van der Waals surface area contributed by atoms with Crippen molar-refractivity contribution in [2.24, 2.45) is 11.8 Å². The highest BCUT2D eigenvalue weighted by atomic mass is 32.2. The first-order chi connectivity index (χ1) is 15.9. The highest BCUT2D eigenvalue weighted by Crippen LogP contribution is 2.37. The molecule has 1 aliphatic carbocycles. The molecule has 0 radical (unpaired) electrons. The first-order valence-electron chi connectivity index (χ1n) is 11.0. The molecule has 4 aromatic heterocycles. The molecule has 1 saturated carbocycles. The van der Waals surface area contributed by atoms with E-state index in [4.69, 9.17) is 0 Å². The lowest BCUT2D eigenvalue weighted by molar-refractivity contribution is 0.0656. The molecule has 1 saturated heterocycles. The molecule has 170 valence electrons. The highest BCUT2D eigenvalue weighted by Gasteiger charge is 2.35. The lowest BCUT2D eigenvalue weighted by atomic mass is 9.98. The summed E-state index contributed by atoms with van der Waals surface area (Å²) >= 11 is 1.38. The minimum absolute atomic E-state index is 0.0235. The van der Waals surface area contributed by atoms with Gasteiger partial charge in [0.05, 0.1) is 22.8 Å². The summed E-state index contributed by atoms with van der Waals surface area (Å²) in [5, 5.41) is 5.40. The summed E-state index contributed by atoms with van der Waals surface area (Å²) in [6.07, 6.45) is 8.16. The lowest BCUT2D eigenvalue weighted by Gasteiger charge is -2.31. The first-order valence-corrected chi connectivity index (χ1v) is 12.2. The third-order valence-electron chi connectivity index (χ3n) is 6.87. The van der Waals surface area contributed by atoms with Crippen molar-refractivity contribution in [3.63, 3.8) is 0 Å². The second-order valence-electron chi connectivity index (χ2n) is 8.99. The molecule has 5 heterocycles. The number of amides is 1. The van der Waals surface area contributed by atoms with Crippen molar-refractivity contribution in [2.75, 3.05) is 19.3 Å². The topological polar surface area (TPSA) is 68.3 Å². The van der Waals surface area contributed by atoms with Gasteiger partial charge in [0.2, 0.25) is 0 Å². The van der Waals surface area contributed by atoms with E-state index in [9.17, 15) is 13.6 Å². The fraction of sp³-hybridized carbons (Fsp3) is 0.391. The van der Waals surface area contributed by atoms with Gasteiger partial charge in [0.15, 0.2) is 11.5 Å². The Morgan fingerprint density at radius 3 is 2.67 bits per heavy atom. The SMILES string of the molecule is CSn1nc(-c2cnc3c(F)cc(F)cn23)c2c(C)nc(C(=O)N3CC4CCC(C4)C3)cc21. The maximum atomic E-state index is 14.2. The Bertz CT molecular complexity index is 1420. The number of fused-ring (bicyclic) bond motifs is 4. The second-order valence-corrected chi connectivity index (χ2v) is 9.70. The minimum atomic E-state index is -0.743. The number of aromatic nitrogens is 5. The third-order valence-corrected chi connectivity index (χ3v) is 7.49. The maximum absolute atomic E-state index is 14.2. The van der Waals surface area contributed by atoms with E-state index in [1.54, 1.807) is 10.2 Å². The van der Waals surface area contributed by atoms with E-state index in [1.165, 1.54) is 48.0 Å². The van der Waals surface area contributed by atoms with Gasteiger partial charge in [-0.2, -0.15) is 5.10 Å². The van der Waals surface area contributed by atoms with Crippen LogP contribution in [-0.4, -0.2) is 53.7 Å². The fourth-order valence-electron chi connectivity index (χ4n) is 5.45. The van der Waals surface area contributed by atoms with Crippen molar-refractivity contribution in [1.29, 1.82) is 0 Å². The van der Waals surface area contributed by atoms with Gasteiger partial charge in [-0.1, -0.05) is 0 Å². The standard InChI is InChI=1S/C23H22F2N6OS/c1-12-20-18(7-17(27-12)23(32)29-9-13-3-4-14(5-13)10-29)31(33-2)28-21(20)19-8-26-22-16(25)6-15(24)11-30(19)22/h6-8,11,13-14H,3-5,9-10H2,1-2H3. The number of piperidine rings is 1. The predicted octanol–water partition coefficient (Wildman–Crippen LogP) is 4.33. The zero-order valence-electron chi connectivity index (χ0n) is 18.3. The summed E-state index contributed by atoms with van der Waals surface area (Å²) in [4.78, 5) is 24.0. The molecular formula is C23H22F2N6OS. The highest BCUT2D eigenvalue weighted by molar-refractivity contribution is 7.97. The summed E-state index contributed by atoms with van der Waals surface area (Å²) in [6.45, 7) is 3.42. The molecule has 1 aliphatic heterocycles. The van der Waals surface area contributed by atoms with Crippen LogP contribution in [0.15, 0.2) is 24.5 Å². The summed E-state index contributed by atoms with van der Waals surface area (Å²) in [6, 6.07) is 2.58. The smallest absolute Gasteiger partial charge is 0.272 e. The van der Waals surface area contributed by atoms with Crippen molar-refractivity contribution >= 4 is 34.4 Å². The molecule has 2 aliphatic rings. The summed E-state index contributed by atoms with van der Waals surface area (Å²) < 4.78 is 31.2. The van der Waals surface area contributed by atoms with Crippen LogP contribution in [0.1, 0.15) is 35.4 Å². The molecule has 4 aromatic rings. The molecule has 0 aromatic carbocycles. The van der Waals surface area contributed by atoms with E-state index in [2.05, 4.69) is 15.1 Å². The third kappa shape index (κ3) is 3.22. The zero-order chi connectivity index (χ0) is 22.9. The average molecular weight is 469 g/mol. The van der Waals surface area contributed by atoms with Gasteiger partial charge in [0.1, 0.15) is 17.2 Å². The number of imidazole rings is 1. The number of hydrogen-bond acceptors (Lipinski definition) is 5. The molecule has 0 spiro atoms. The van der Waals surface area contributed by atoms with Gasteiger partial charge >= 0.3 is 0 Å². The number of aryl methyl sites for hydroxylation is 1. The number of halogens is 2. The number of likely N-dealkylation sites (tertiary alicyclic amines) is 1. The van der Waals surface area contributed by atoms with Crippen LogP contribution < -0.4 is 0 Å². The van der Waals surface area contributed by atoms with Gasteiger partial charge in [-0.15, -0.1) is 0 Å². The van der Waals surface area contributed by atoms with Gasteiger partial charge in [-0.05, 0) is 56.0 Å². The molecule has 33 heavy (non-hydrogen) atoms. The van der Waals surface area contributed by atoms with Crippen molar-refractivity contribution in [1.82, 2.24) is 28.5 Å². The van der Waals surface area contributed by atoms with Gasteiger partial charge in [-0.3, -0.25) is 9.20 Å². The number of hydrogen-bond donors (Lipinski definition) is 0. The van der Waals surface area contributed by atoms with Gasteiger partial charge < -0.3 is 4.90 Å². The van der Waals surface area contributed by atoms with Gasteiger partial charge in [0.25, 0.3) is 5.91 Å². The van der Waals surface area contributed by atoms with Crippen LogP contribution in [0.25, 0.3) is 27.9 Å². The average Bonchev–Trinajstić information content (AvgIpc) is 3.47. The molecule has 10 heteroatoms. The van der Waals surface area contributed by atoms with Crippen molar-refractivity contribution in [3.05, 3.63) is 47.5 Å². The minimum Gasteiger partial charge on any atom is -0.337 e. The number of rotatable bonds is 3. The molecule has 2 unspecified atom stereocenters. The Balaban J connectivity index is 1.48. The van der Waals surface area contributed by atoms with Crippen molar-refractivity contribution < 1.29 is 13.6 Å². The summed E-state index contributed by atoms with van der Waals surface area (Å²) in [5.41, 5.74) is 2.77. The molecule has 2 fully saturated rings. The fourth-order valence-corrected chi connectivity index (χ4v) is 5.95. The monoisotopic (exact) mass is 468 g/mol. The molecule has 0 N–H and O–H groups in total. The van der Waals surface area contributed by atoms with E-state index in [0.717, 1.165) is 30.1 Å². The Morgan fingerprint density at radius 2 is 1.94 bits per heavy atom. The molecule has 2 bridgehead atoms. The Kier molecular flexibility index (Phi) is 4.69. The van der Waals surface area contributed by atoms with Crippen molar-refractivity contribution in [2.45, 2.75) is 26.2 Å². The second kappa shape index (κ2) is 7.51. The Hall–Kier alpha value is -3.01. The largest absolute Gasteiger partial charge is 0.337 e. The van der Waals surface area contributed by atoms with E-state index >= 15 is 0 Å². The van der Waals surface area contributed by atoms with E-state index in [0.29, 0.717) is 34.6 Å². The summed E-state index contributed by atoms with van der Waals surface area (Å²) in [7, 11) is 0. The van der Waals surface area contributed by atoms with Crippen LogP contribution in [0.5, 0.6) is 0 Å². The quantitative estimate of drug-likeness (QED) is 0.448. The van der Waals surface area contributed by atoms with Crippen LogP contribution in [0, 0.1) is 30.4 Å². The zero-order valence-corrected chi connectivity index (χ0v) is 19.1. The number of nitrogens with zero attached hydrogens (tertiary/aromatic N) is 6. The van der Waals surface area contributed by atoms with Gasteiger partial charge in [0, 0.05) is 37.3 Å². The van der Waals surface area contributed by atoms with E-state index < -0.39 is 11.6 Å². The van der Waals surface area contributed by atoms with E-state index in [1.807, 2.05) is 18.1 Å². The number of carbonyl (C=O) groups excluding carboxylic acids is 1. The summed E-state index contributed by atoms with van der Waals surface area (Å²) in [5.74, 6) is -0.307. The Morgan fingerprint density at radius 1 is 1.18 bits per heavy atom. The number of carbonyl (C=O) groups is 1. The van der Waals surface area contributed by atoms with Crippen molar-refractivity contribution in [3.8, 4) is 11.4 Å². The molecule has 1 amide bonds. The molecule has 7 nitrogen and oxygen atoms in total. The maximum Gasteiger partial charge on any atom is 0.272 e. The Labute approximate surface area is 192 Å². The van der Waals surface area contributed by atoms with E-state index in [-0.39, 0.29) is 11.6 Å². The normalized spacial score (nSPS) is 20.3. The lowest BCUT2D eigenvalue weighted by Crippen LogP contribution is -2.41. The molecule has 6 rings (SSSR count). The molecular weight excluding hydrogens is 446 g/mol.